The lowest BCUT2D eigenvalue weighted by Gasteiger charge is -2.43. The predicted octanol–water partition coefficient (Wildman–Crippen LogP) is 5.79. The molecular weight excluding hydrogens is 574 g/mol. The number of fused-ring (bicyclic) bond motifs is 1. The Kier molecular flexibility index (Phi) is 9.50. The molecule has 0 spiro atoms. The summed E-state index contributed by atoms with van der Waals surface area (Å²) >= 11 is 0. The molecular formula is C37H53N7O2. The summed E-state index contributed by atoms with van der Waals surface area (Å²) in [6, 6.07) is 12.7. The van der Waals surface area contributed by atoms with Crippen LogP contribution in [0.2, 0.25) is 0 Å². The average Bonchev–Trinajstić information content (AvgIpc) is 3.93. The quantitative estimate of drug-likeness (QED) is 0.359. The lowest BCUT2D eigenvalue weighted by molar-refractivity contribution is -0.119. The third-order valence-electron chi connectivity index (χ3n) is 11.4. The van der Waals surface area contributed by atoms with Gasteiger partial charge >= 0.3 is 0 Å². The van der Waals surface area contributed by atoms with Gasteiger partial charge in [-0.2, -0.15) is 0 Å². The van der Waals surface area contributed by atoms with E-state index in [9.17, 15) is 9.59 Å². The normalized spacial score (nSPS) is 26.8. The van der Waals surface area contributed by atoms with E-state index in [4.69, 9.17) is 4.98 Å². The molecule has 1 saturated heterocycles. The number of anilines is 4. The van der Waals surface area contributed by atoms with E-state index in [-0.39, 0.29) is 23.9 Å². The number of carbonyl (C=O) groups excluding carboxylic acids is 2. The minimum absolute atomic E-state index is 0.0105. The fraction of sp³-hybridized carbons (Fsp3) is 0.649. The van der Waals surface area contributed by atoms with E-state index in [1.807, 2.05) is 50.4 Å². The minimum Gasteiger partial charge on any atom is -0.349 e. The van der Waals surface area contributed by atoms with Gasteiger partial charge in [0.1, 0.15) is 11.9 Å². The number of rotatable bonds is 8. The number of hydrogen-bond donors (Lipinski definition) is 2. The first kappa shape index (κ1) is 31.4. The highest BCUT2D eigenvalue weighted by atomic mass is 16.2. The second-order valence-electron chi connectivity index (χ2n) is 14.6. The van der Waals surface area contributed by atoms with Gasteiger partial charge in [0.2, 0.25) is 5.91 Å². The molecule has 0 unspecified atom stereocenters. The lowest BCUT2D eigenvalue weighted by atomic mass is 9.89. The van der Waals surface area contributed by atoms with E-state index in [2.05, 4.69) is 25.3 Å². The molecule has 1 atom stereocenters. The van der Waals surface area contributed by atoms with E-state index in [1.165, 1.54) is 84.1 Å². The molecule has 3 saturated carbocycles. The molecule has 2 aromatic rings. The molecule has 248 valence electrons. The van der Waals surface area contributed by atoms with Crippen molar-refractivity contribution in [1.29, 1.82) is 0 Å². The number of carbonyl (C=O) groups is 2. The Balaban J connectivity index is 0.930. The van der Waals surface area contributed by atoms with E-state index >= 15 is 0 Å². The summed E-state index contributed by atoms with van der Waals surface area (Å²) < 4.78 is 0. The van der Waals surface area contributed by atoms with Crippen LogP contribution in [-0.2, 0) is 4.79 Å². The van der Waals surface area contributed by atoms with Crippen LogP contribution < -0.4 is 20.4 Å². The van der Waals surface area contributed by atoms with E-state index in [1.54, 1.807) is 4.90 Å². The first-order valence-corrected chi connectivity index (χ1v) is 18.1. The zero-order valence-corrected chi connectivity index (χ0v) is 27.9. The number of nitrogens with zero attached hydrogens (tertiary/aromatic N) is 5. The molecule has 2 N–H and O–H groups in total. The van der Waals surface area contributed by atoms with Crippen molar-refractivity contribution in [2.75, 3.05) is 54.9 Å². The highest BCUT2D eigenvalue weighted by molar-refractivity contribution is 6.04. The second-order valence-corrected chi connectivity index (χ2v) is 14.6. The van der Waals surface area contributed by atoms with E-state index in [0.29, 0.717) is 17.6 Å². The van der Waals surface area contributed by atoms with Crippen LogP contribution >= 0.6 is 0 Å². The third-order valence-corrected chi connectivity index (χ3v) is 11.4. The van der Waals surface area contributed by atoms with Gasteiger partial charge in [-0.05, 0) is 101 Å². The van der Waals surface area contributed by atoms with Gasteiger partial charge in [0.15, 0.2) is 5.82 Å². The second kappa shape index (κ2) is 13.9. The summed E-state index contributed by atoms with van der Waals surface area (Å²) in [6.07, 6.45) is 14.5. The highest BCUT2D eigenvalue weighted by Crippen LogP contribution is 2.39. The monoisotopic (exact) mass is 627 g/mol. The van der Waals surface area contributed by atoms with Gasteiger partial charge in [-0.15, -0.1) is 0 Å². The summed E-state index contributed by atoms with van der Waals surface area (Å²) in [6.45, 7) is 8.17. The van der Waals surface area contributed by atoms with Crippen LogP contribution in [0.15, 0.2) is 36.4 Å². The van der Waals surface area contributed by atoms with Gasteiger partial charge in [0.05, 0.1) is 5.69 Å². The summed E-state index contributed by atoms with van der Waals surface area (Å²) in [7, 11) is 1.85. The first-order valence-electron chi connectivity index (χ1n) is 18.1. The SMILES string of the molecule is C[C@@H]1C(=O)N(C)c2ccc(Nc3ccc(C(=O)NC4CCC(N5CCN(CC6CC6)CC5)CC4)cc3)nc2N1C1CCCCCC1. The van der Waals surface area contributed by atoms with Crippen molar-refractivity contribution in [1.82, 2.24) is 20.1 Å². The molecule has 9 heteroatoms. The number of pyridine rings is 1. The first-order chi connectivity index (χ1) is 22.4. The lowest BCUT2D eigenvalue weighted by Crippen LogP contribution is -2.55. The zero-order valence-electron chi connectivity index (χ0n) is 27.9. The molecule has 1 aromatic carbocycles. The maximum atomic E-state index is 13.2. The van der Waals surface area contributed by atoms with Crippen LogP contribution in [0, 0.1) is 5.92 Å². The third kappa shape index (κ3) is 7.05. The molecule has 3 aliphatic carbocycles. The largest absolute Gasteiger partial charge is 0.349 e. The number of hydrogen-bond acceptors (Lipinski definition) is 7. The molecule has 2 aliphatic heterocycles. The Labute approximate surface area is 275 Å². The number of piperazine rings is 1. The van der Waals surface area contributed by atoms with E-state index in [0.717, 1.165) is 54.6 Å². The molecule has 1 aromatic heterocycles. The van der Waals surface area contributed by atoms with Gasteiger partial charge in [-0.25, -0.2) is 4.98 Å². The molecule has 7 rings (SSSR count). The van der Waals surface area contributed by atoms with Crippen molar-refractivity contribution in [2.45, 2.75) is 108 Å². The van der Waals surface area contributed by atoms with Crippen molar-refractivity contribution in [3.63, 3.8) is 0 Å². The minimum atomic E-state index is -0.233. The standard InChI is InChI=1S/C37H53N7O2/c1-26-37(46)41(2)33-19-20-34(40-35(33)44(26)32-7-5-3-4-6-8-32)38-29-13-11-28(12-14-29)36(45)39-30-15-17-31(18-16-30)43-23-21-42(22-24-43)25-27-9-10-27/h11-14,19-20,26-27,30-32H,3-10,15-18,21-25H2,1-2H3,(H,38,40)(H,39,45)/t26-,30?,31?/m1/s1. The number of likely N-dealkylation sites (N-methyl/N-ethyl adjacent to an activating group) is 1. The Morgan fingerprint density at radius 3 is 2.20 bits per heavy atom. The highest BCUT2D eigenvalue weighted by Gasteiger charge is 2.39. The van der Waals surface area contributed by atoms with E-state index < -0.39 is 0 Å². The topological polar surface area (TPSA) is 84.0 Å². The Hall–Kier alpha value is -3.17. The summed E-state index contributed by atoms with van der Waals surface area (Å²) in [5.41, 5.74) is 2.44. The molecule has 0 radical (unpaired) electrons. The van der Waals surface area contributed by atoms with Crippen molar-refractivity contribution in [2.24, 2.45) is 5.92 Å². The molecule has 5 aliphatic rings. The Morgan fingerprint density at radius 1 is 0.826 bits per heavy atom. The molecule has 0 bridgehead atoms. The van der Waals surface area contributed by atoms with Crippen molar-refractivity contribution >= 4 is 34.8 Å². The van der Waals surface area contributed by atoms with Crippen molar-refractivity contribution in [3.05, 3.63) is 42.0 Å². The maximum Gasteiger partial charge on any atom is 0.251 e. The van der Waals surface area contributed by atoms with Crippen LogP contribution in [0.4, 0.5) is 23.0 Å². The number of benzene rings is 1. The number of aromatic nitrogens is 1. The fourth-order valence-corrected chi connectivity index (χ4v) is 8.37. The van der Waals surface area contributed by atoms with Crippen LogP contribution in [0.5, 0.6) is 0 Å². The van der Waals surface area contributed by atoms with Gasteiger partial charge in [-0.1, -0.05) is 25.7 Å². The van der Waals surface area contributed by atoms with Crippen LogP contribution in [0.25, 0.3) is 0 Å². The maximum absolute atomic E-state index is 13.2. The number of amides is 2. The van der Waals surface area contributed by atoms with Crippen LogP contribution in [-0.4, -0.2) is 90.5 Å². The summed E-state index contributed by atoms with van der Waals surface area (Å²) in [4.78, 5) is 40.8. The Bertz CT molecular complexity index is 1350. The van der Waals surface area contributed by atoms with Crippen molar-refractivity contribution in [3.8, 4) is 0 Å². The summed E-state index contributed by atoms with van der Waals surface area (Å²) in [5, 5.41) is 6.76. The zero-order chi connectivity index (χ0) is 31.6. The summed E-state index contributed by atoms with van der Waals surface area (Å²) in [5.74, 6) is 2.74. The number of nitrogens with one attached hydrogen (secondary N) is 2. The molecule has 2 amide bonds. The van der Waals surface area contributed by atoms with Gasteiger partial charge in [0, 0.05) is 69.1 Å². The molecule has 9 nitrogen and oxygen atoms in total. The Morgan fingerprint density at radius 2 is 1.52 bits per heavy atom. The van der Waals surface area contributed by atoms with Crippen LogP contribution in [0.1, 0.15) is 94.3 Å². The fourth-order valence-electron chi connectivity index (χ4n) is 8.37. The molecule has 46 heavy (non-hydrogen) atoms. The van der Waals surface area contributed by atoms with Crippen molar-refractivity contribution < 1.29 is 9.59 Å². The molecule has 4 fully saturated rings. The van der Waals surface area contributed by atoms with Crippen LogP contribution in [0.3, 0.4) is 0 Å². The molecule has 3 heterocycles. The van der Waals surface area contributed by atoms with Gasteiger partial charge < -0.3 is 25.3 Å². The average molecular weight is 628 g/mol. The predicted molar refractivity (Wildman–Crippen MR) is 185 cm³/mol. The van der Waals surface area contributed by atoms with Gasteiger partial charge in [0.25, 0.3) is 5.91 Å². The smallest absolute Gasteiger partial charge is 0.251 e. The van der Waals surface area contributed by atoms with Gasteiger partial charge in [-0.3, -0.25) is 14.5 Å².